The van der Waals surface area contributed by atoms with E-state index in [9.17, 15) is 13.6 Å². The first-order valence-electron chi connectivity index (χ1n) is 14.6. The summed E-state index contributed by atoms with van der Waals surface area (Å²) < 4.78 is 46.4. The minimum Gasteiger partial charge on any atom is -0.312 e. The Labute approximate surface area is 256 Å². The predicted molar refractivity (Wildman–Crippen MR) is 157 cm³/mol. The quantitative estimate of drug-likeness (QED) is 0.368. The highest BCUT2D eigenvalue weighted by molar-refractivity contribution is 6.31. The molecule has 3 N–H and O–H groups in total. The van der Waals surface area contributed by atoms with Gasteiger partial charge in [0.1, 0.15) is 0 Å². The van der Waals surface area contributed by atoms with E-state index < -0.39 is 12.4 Å². The number of nitrogens with zero attached hydrogens (tertiary/aromatic N) is 6. The number of benzene rings is 1. The first kappa shape index (κ1) is 30.5. The van der Waals surface area contributed by atoms with Crippen molar-refractivity contribution in [2.75, 3.05) is 19.6 Å². The van der Waals surface area contributed by atoms with E-state index in [1.165, 1.54) is 29.3 Å². The third-order valence-electron chi connectivity index (χ3n) is 9.02. The van der Waals surface area contributed by atoms with Gasteiger partial charge in [-0.3, -0.25) is 9.36 Å². The van der Waals surface area contributed by atoms with E-state index in [1.54, 1.807) is 10.6 Å². The third kappa shape index (κ3) is 6.20. The molecular weight excluding hydrogens is 606 g/mol. The molecule has 3 fully saturated rings. The first-order chi connectivity index (χ1) is 20.7. The molecule has 5 heterocycles. The number of alkyl halides is 2. The van der Waals surface area contributed by atoms with Crippen molar-refractivity contribution in [3.8, 4) is 16.9 Å². The minimum atomic E-state index is -2.61. The number of rotatable bonds is 4. The van der Waals surface area contributed by atoms with Crippen molar-refractivity contribution in [2.24, 2.45) is 11.8 Å². The van der Waals surface area contributed by atoms with E-state index in [2.05, 4.69) is 38.3 Å². The van der Waals surface area contributed by atoms with Gasteiger partial charge in [0.2, 0.25) is 0 Å². The van der Waals surface area contributed by atoms with Gasteiger partial charge in [0, 0.05) is 30.7 Å². The zero-order valence-electron chi connectivity index (χ0n) is 23.6. The van der Waals surface area contributed by atoms with E-state index in [4.69, 9.17) is 23.2 Å². The van der Waals surface area contributed by atoms with Crippen LogP contribution in [-0.2, 0) is 0 Å². The normalized spacial score (nSPS) is 28.8. The standard InChI is InChI=1S/C28H34Cl2F3N9O/c1-15-3-2-4-21(18-9-16(7-8-34-18)27-20(35-11-15)12-37-42(27)28(32)33)40-14-36-19(10-24(40)43)25-22(6-5-17(29)26(25)31)41-13-23(30)38-39-41/h5-6,10,13-16,18,20-21,27-28,34-35,37H,2-4,7-9,11-12H2,1H3/t15-,16?,18?,20?,21+,27?/m1/s1. The summed E-state index contributed by atoms with van der Waals surface area (Å²) in [6.45, 7) is 1.38. The second-order valence-corrected chi connectivity index (χ2v) is 12.6. The molecule has 3 aliphatic rings. The van der Waals surface area contributed by atoms with Crippen molar-refractivity contribution in [1.29, 1.82) is 0 Å². The lowest BCUT2D eigenvalue weighted by Gasteiger charge is -2.42. The molecule has 0 amide bonds. The van der Waals surface area contributed by atoms with Gasteiger partial charge in [0.05, 0.1) is 40.5 Å². The molecule has 2 bridgehead atoms. The molecule has 2 aromatic heterocycles. The van der Waals surface area contributed by atoms with Gasteiger partial charge in [-0.25, -0.2) is 19.5 Å². The molecule has 43 heavy (non-hydrogen) atoms. The van der Waals surface area contributed by atoms with E-state index >= 15 is 4.39 Å². The number of aromatic nitrogens is 5. The van der Waals surface area contributed by atoms with Crippen molar-refractivity contribution in [3.05, 3.63) is 57.1 Å². The van der Waals surface area contributed by atoms with Crippen LogP contribution in [0.5, 0.6) is 0 Å². The van der Waals surface area contributed by atoms with Gasteiger partial charge in [-0.15, -0.1) is 5.10 Å². The van der Waals surface area contributed by atoms with Crippen LogP contribution >= 0.6 is 23.2 Å². The van der Waals surface area contributed by atoms with Crippen LogP contribution in [0.2, 0.25) is 10.2 Å². The summed E-state index contributed by atoms with van der Waals surface area (Å²) in [5.41, 5.74) is 2.95. The second kappa shape index (κ2) is 12.8. The molecule has 0 spiro atoms. The van der Waals surface area contributed by atoms with Crippen LogP contribution in [-0.4, -0.2) is 73.9 Å². The summed E-state index contributed by atoms with van der Waals surface area (Å²) in [4.78, 5) is 18.3. The van der Waals surface area contributed by atoms with Gasteiger partial charge < -0.3 is 10.6 Å². The summed E-state index contributed by atoms with van der Waals surface area (Å²) in [6.07, 6.45) is 6.75. The topological polar surface area (TPSA) is 105 Å². The van der Waals surface area contributed by atoms with E-state index in [-0.39, 0.29) is 62.8 Å². The lowest BCUT2D eigenvalue weighted by Crippen LogP contribution is -2.56. The first-order valence-corrected chi connectivity index (χ1v) is 15.4. The molecule has 10 nitrogen and oxygen atoms in total. The van der Waals surface area contributed by atoms with E-state index in [0.29, 0.717) is 31.8 Å². The summed E-state index contributed by atoms with van der Waals surface area (Å²) in [5, 5.41) is 15.9. The van der Waals surface area contributed by atoms with E-state index in [1.807, 2.05) is 0 Å². The minimum absolute atomic E-state index is 0.000976. The van der Waals surface area contributed by atoms with Gasteiger partial charge >= 0.3 is 6.55 Å². The smallest absolute Gasteiger partial charge is 0.307 e. The number of nitrogens with one attached hydrogen (secondary N) is 3. The Morgan fingerprint density at radius 1 is 1.09 bits per heavy atom. The fourth-order valence-corrected chi connectivity index (χ4v) is 7.24. The SMILES string of the molecule is C[C@@H]1CCC[C@H](n2cnc(-c3c(-n4cc(Cl)nn4)ccc(Cl)c3F)cc2=O)C2CC(CCN2)C2C(CNN2C(F)F)NC1. The highest BCUT2D eigenvalue weighted by Crippen LogP contribution is 2.36. The summed E-state index contributed by atoms with van der Waals surface area (Å²) in [5.74, 6) is -0.421. The average molecular weight is 641 g/mol. The van der Waals surface area contributed by atoms with Crippen molar-refractivity contribution in [2.45, 2.75) is 69.7 Å². The monoisotopic (exact) mass is 639 g/mol. The van der Waals surface area contributed by atoms with Crippen LogP contribution in [0.3, 0.4) is 0 Å². The molecule has 1 aromatic carbocycles. The van der Waals surface area contributed by atoms with Crippen LogP contribution in [0, 0.1) is 17.7 Å². The van der Waals surface area contributed by atoms with Crippen LogP contribution in [0.1, 0.15) is 45.1 Å². The predicted octanol–water partition coefficient (Wildman–Crippen LogP) is 4.04. The highest BCUT2D eigenvalue weighted by atomic mass is 35.5. The second-order valence-electron chi connectivity index (χ2n) is 11.8. The Morgan fingerprint density at radius 3 is 2.67 bits per heavy atom. The van der Waals surface area contributed by atoms with Crippen molar-refractivity contribution in [3.63, 3.8) is 0 Å². The maximum atomic E-state index is 15.4. The lowest BCUT2D eigenvalue weighted by atomic mass is 9.79. The van der Waals surface area contributed by atoms with Gasteiger partial charge in [0.25, 0.3) is 5.56 Å². The number of halogens is 5. The third-order valence-corrected chi connectivity index (χ3v) is 9.49. The number of piperidine rings is 1. The molecule has 0 saturated carbocycles. The zero-order chi connectivity index (χ0) is 30.2. The lowest BCUT2D eigenvalue weighted by molar-refractivity contribution is -0.0841. The number of hydrogen-bond donors (Lipinski definition) is 3. The summed E-state index contributed by atoms with van der Waals surface area (Å²) in [6, 6.07) is 3.39. The van der Waals surface area contributed by atoms with E-state index in [0.717, 1.165) is 30.8 Å². The number of hydrazine groups is 1. The van der Waals surface area contributed by atoms with Crippen molar-refractivity contribution >= 4 is 23.2 Å². The fraction of sp³-hybridized carbons (Fsp3) is 0.571. The fourth-order valence-electron chi connectivity index (χ4n) is 6.95. The Kier molecular flexibility index (Phi) is 9.09. The molecule has 3 aromatic rings. The maximum Gasteiger partial charge on any atom is 0.307 e. The zero-order valence-corrected chi connectivity index (χ0v) is 25.1. The Morgan fingerprint density at radius 2 is 1.93 bits per heavy atom. The van der Waals surface area contributed by atoms with Crippen LogP contribution in [0.15, 0.2) is 35.5 Å². The number of fused-ring (bicyclic) bond motifs is 4. The largest absolute Gasteiger partial charge is 0.312 e. The molecule has 4 unspecified atom stereocenters. The van der Waals surface area contributed by atoms with Crippen molar-refractivity contribution < 1.29 is 13.2 Å². The molecule has 15 heteroatoms. The van der Waals surface area contributed by atoms with Gasteiger partial charge in [-0.05, 0) is 62.7 Å². The average Bonchev–Trinajstić information content (AvgIpc) is 3.62. The Balaban J connectivity index is 1.35. The molecule has 232 valence electrons. The Hall–Kier alpha value is -2.55. The Bertz CT molecular complexity index is 1500. The summed E-state index contributed by atoms with van der Waals surface area (Å²) >= 11 is 12.1. The van der Waals surface area contributed by atoms with Crippen LogP contribution < -0.4 is 21.6 Å². The highest BCUT2D eigenvalue weighted by Gasteiger charge is 2.45. The van der Waals surface area contributed by atoms with Crippen LogP contribution in [0.25, 0.3) is 16.9 Å². The molecule has 3 saturated heterocycles. The van der Waals surface area contributed by atoms with Crippen molar-refractivity contribution in [1.82, 2.24) is 45.6 Å². The van der Waals surface area contributed by atoms with Gasteiger partial charge in [0.15, 0.2) is 11.0 Å². The molecule has 0 aliphatic carbocycles. The number of hydrogen-bond acceptors (Lipinski definition) is 8. The molecule has 6 atom stereocenters. The summed E-state index contributed by atoms with van der Waals surface area (Å²) in [7, 11) is 0. The van der Waals surface area contributed by atoms with Crippen LogP contribution in [0.4, 0.5) is 13.2 Å². The van der Waals surface area contributed by atoms with Gasteiger partial charge in [-0.2, -0.15) is 13.8 Å². The molecule has 3 aliphatic heterocycles. The molecule has 6 rings (SSSR count). The van der Waals surface area contributed by atoms with Gasteiger partial charge in [-0.1, -0.05) is 41.8 Å². The molecular formula is C28H34Cl2F3N9O. The maximum absolute atomic E-state index is 15.4. The molecule has 0 radical (unpaired) electrons.